The number of hydrogen-bond acceptors (Lipinski definition) is 3. The van der Waals surface area contributed by atoms with Crippen molar-refractivity contribution in [3.63, 3.8) is 0 Å². The fourth-order valence-electron chi connectivity index (χ4n) is 0.964. The van der Waals surface area contributed by atoms with Crippen LogP contribution in [0.1, 0.15) is 12.5 Å². The van der Waals surface area contributed by atoms with Gasteiger partial charge in [0.2, 0.25) is 0 Å². The van der Waals surface area contributed by atoms with Crippen molar-refractivity contribution in [1.82, 2.24) is 0 Å². The zero-order valence-electron chi connectivity index (χ0n) is 6.86. The Labute approximate surface area is 72.3 Å². The van der Waals surface area contributed by atoms with E-state index in [0.717, 1.165) is 12.0 Å². The maximum absolute atomic E-state index is 8.90. The summed E-state index contributed by atoms with van der Waals surface area (Å²) in [4.78, 5) is 26.7. The van der Waals surface area contributed by atoms with Gasteiger partial charge < -0.3 is 14.4 Å². The summed E-state index contributed by atoms with van der Waals surface area (Å²) < 4.78 is 0. The maximum atomic E-state index is 8.90. The molecule has 0 aliphatic rings. The standard InChI is InChI=1S/C8H12O3Si/c1-2-7-3-5-8(6-4-7)12(9,10)11/h3-6,9-11H,2H2,1H3. The molecule has 0 unspecified atom stereocenters. The Morgan fingerprint density at radius 3 is 1.92 bits per heavy atom. The summed E-state index contributed by atoms with van der Waals surface area (Å²) >= 11 is 0. The zero-order chi connectivity index (χ0) is 9.19. The molecule has 0 fully saturated rings. The third kappa shape index (κ3) is 2.15. The molecule has 4 heteroatoms. The van der Waals surface area contributed by atoms with E-state index in [1.807, 2.05) is 6.92 Å². The van der Waals surface area contributed by atoms with Crippen LogP contribution in [0.4, 0.5) is 0 Å². The molecule has 3 N–H and O–H groups in total. The highest BCUT2D eigenvalue weighted by Gasteiger charge is 2.29. The van der Waals surface area contributed by atoms with Crippen LogP contribution in [0.15, 0.2) is 24.3 Å². The largest absolute Gasteiger partial charge is 0.528 e. The lowest BCUT2D eigenvalue weighted by Gasteiger charge is -2.09. The van der Waals surface area contributed by atoms with Crippen LogP contribution in [0, 0.1) is 0 Å². The van der Waals surface area contributed by atoms with Gasteiger partial charge in [0.05, 0.1) is 0 Å². The number of hydrogen-bond donors (Lipinski definition) is 3. The molecule has 0 aromatic heterocycles. The predicted octanol–water partition coefficient (Wildman–Crippen LogP) is -0.628. The highest BCUT2D eigenvalue weighted by molar-refractivity contribution is 6.71. The second-order valence-electron chi connectivity index (χ2n) is 2.69. The Morgan fingerprint density at radius 2 is 1.58 bits per heavy atom. The zero-order valence-corrected chi connectivity index (χ0v) is 7.86. The third-order valence-electron chi connectivity index (χ3n) is 1.75. The first kappa shape index (κ1) is 9.41. The van der Waals surface area contributed by atoms with Crippen LogP contribution in [0.25, 0.3) is 0 Å². The molecule has 0 saturated carbocycles. The van der Waals surface area contributed by atoms with Gasteiger partial charge in [-0.3, -0.25) is 0 Å². The maximum Gasteiger partial charge on any atom is 0.528 e. The molecule has 0 atom stereocenters. The Balaban J connectivity index is 2.93. The van der Waals surface area contributed by atoms with Gasteiger partial charge in [-0.2, -0.15) is 0 Å². The quantitative estimate of drug-likeness (QED) is 0.536. The van der Waals surface area contributed by atoms with E-state index in [-0.39, 0.29) is 5.19 Å². The summed E-state index contributed by atoms with van der Waals surface area (Å²) in [6.45, 7) is 2.01. The molecule has 1 rings (SSSR count). The molecule has 0 amide bonds. The first-order chi connectivity index (χ1) is 5.54. The van der Waals surface area contributed by atoms with Gasteiger partial charge in [0.15, 0.2) is 0 Å². The van der Waals surface area contributed by atoms with Crippen molar-refractivity contribution in [3.8, 4) is 0 Å². The van der Waals surface area contributed by atoms with Crippen molar-refractivity contribution in [2.45, 2.75) is 13.3 Å². The lowest BCUT2D eigenvalue weighted by atomic mass is 10.2. The van der Waals surface area contributed by atoms with Crippen LogP contribution in [-0.2, 0) is 6.42 Å². The molecule has 0 heterocycles. The molecule has 1 aromatic rings. The Hall–Kier alpha value is -0.683. The van der Waals surface area contributed by atoms with Crippen LogP contribution < -0.4 is 5.19 Å². The van der Waals surface area contributed by atoms with Crippen LogP contribution in [0.2, 0.25) is 0 Å². The highest BCUT2D eigenvalue weighted by Crippen LogP contribution is 1.99. The average molecular weight is 184 g/mol. The lowest BCUT2D eigenvalue weighted by Crippen LogP contribution is -2.48. The van der Waals surface area contributed by atoms with Gasteiger partial charge in [0, 0.05) is 5.19 Å². The minimum atomic E-state index is -4.07. The summed E-state index contributed by atoms with van der Waals surface area (Å²) in [7, 11) is -4.07. The monoisotopic (exact) mass is 184 g/mol. The van der Waals surface area contributed by atoms with Crippen molar-refractivity contribution in [1.29, 1.82) is 0 Å². The molecule has 3 nitrogen and oxygen atoms in total. The van der Waals surface area contributed by atoms with Gasteiger partial charge in [-0.15, -0.1) is 0 Å². The van der Waals surface area contributed by atoms with Gasteiger partial charge in [0.1, 0.15) is 0 Å². The van der Waals surface area contributed by atoms with E-state index in [9.17, 15) is 0 Å². The van der Waals surface area contributed by atoms with Gasteiger partial charge in [-0.1, -0.05) is 31.2 Å². The third-order valence-corrected chi connectivity index (χ3v) is 2.86. The first-order valence-corrected chi connectivity index (χ1v) is 5.64. The fraction of sp³-hybridized carbons (Fsp3) is 0.250. The van der Waals surface area contributed by atoms with E-state index in [2.05, 4.69) is 0 Å². The van der Waals surface area contributed by atoms with Gasteiger partial charge in [-0.25, -0.2) is 0 Å². The minimum absolute atomic E-state index is 0.222. The highest BCUT2D eigenvalue weighted by atomic mass is 28.4. The summed E-state index contributed by atoms with van der Waals surface area (Å²) in [5, 5.41) is 0.222. The van der Waals surface area contributed by atoms with Crippen LogP contribution in [-0.4, -0.2) is 23.2 Å². The van der Waals surface area contributed by atoms with Gasteiger partial charge in [0.25, 0.3) is 0 Å². The summed E-state index contributed by atoms with van der Waals surface area (Å²) in [6.07, 6.45) is 0.900. The molecule has 1 aromatic carbocycles. The average Bonchev–Trinajstić information content (AvgIpc) is 2.03. The van der Waals surface area contributed by atoms with Gasteiger partial charge in [-0.05, 0) is 12.0 Å². The number of rotatable bonds is 2. The Morgan fingerprint density at radius 1 is 1.08 bits per heavy atom. The summed E-state index contributed by atoms with van der Waals surface area (Å²) in [5.74, 6) is 0. The molecule has 0 spiro atoms. The summed E-state index contributed by atoms with van der Waals surface area (Å²) in [6, 6.07) is 6.65. The van der Waals surface area contributed by atoms with E-state index in [0.29, 0.717) is 0 Å². The van der Waals surface area contributed by atoms with E-state index < -0.39 is 8.80 Å². The number of aryl methyl sites for hydroxylation is 1. The molecule has 0 saturated heterocycles. The summed E-state index contributed by atoms with van der Waals surface area (Å²) in [5.41, 5.74) is 1.11. The Kier molecular flexibility index (Phi) is 2.64. The molecule has 12 heavy (non-hydrogen) atoms. The topological polar surface area (TPSA) is 60.7 Å². The molecule has 0 bridgehead atoms. The molecular formula is C8H12O3Si. The van der Waals surface area contributed by atoms with Crippen molar-refractivity contribution in [2.24, 2.45) is 0 Å². The normalized spacial score (nSPS) is 11.7. The Bertz CT molecular complexity index is 250. The van der Waals surface area contributed by atoms with Crippen molar-refractivity contribution >= 4 is 14.0 Å². The van der Waals surface area contributed by atoms with Crippen molar-refractivity contribution < 1.29 is 14.4 Å². The lowest BCUT2D eigenvalue weighted by molar-refractivity contribution is 0.249. The smallest absolute Gasteiger partial charge is 0.386 e. The molecule has 0 aliphatic carbocycles. The molecular weight excluding hydrogens is 172 g/mol. The second-order valence-corrected chi connectivity index (χ2v) is 4.53. The predicted molar refractivity (Wildman–Crippen MR) is 47.9 cm³/mol. The SMILES string of the molecule is CCc1ccc([Si](O)(O)O)cc1. The van der Waals surface area contributed by atoms with Crippen LogP contribution in [0.5, 0.6) is 0 Å². The van der Waals surface area contributed by atoms with Crippen molar-refractivity contribution in [2.75, 3.05) is 0 Å². The first-order valence-electron chi connectivity index (χ1n) is 3.80. The second kappa shape index (κ2) is 3.36. The van der Waals surface area contributed by atoms with E-state index >= 15 is 0 Å². The van der Waals surface area contributed by atoms with E-state index in [1.54, 1.807) is 24.3 Å². The fourth-order valence-corrected chi connectivity index (χ4v) is 1.58. The minimum Gasteiger partial charge on any atom is -0.386 e. The number of benzene rings is 1. The van der Waals surface area contributed by atoms with E-state index in [1.165, 1.54) is 0 Å². The van der Waals surface area contributed by atoms with Crippen LogP contribution in [0.3, 0.4) is 0 Å². The molecule has 66 valence electrons. The van der Waals surface area contributed by atoms with Crippen LogP contribution >= 0.6 is 0 Å². The van der Waals surface area contributed by atoms with E-state index in [4.69, 9.17) is 14.4 Å². The molecule has 0 radical (unpaired) electrons. The molecule has 0 aliphatic heterocycles. The van der Waals surface area contributed by atoms with Gasteiger partial charge >= 0.3 is 8.80 Å². The van der Waals surface area contributed by atoms with Crippen molar-refractivity contribution in [3.05, 3.63) is 29.8 Å².